The van der Waals surface area contributed by atoms with Crippen LogP contribution in [0.25, 0.3) is 11.1 Å². The zero-order valence-electron chi connectivity index (χ0n) is 16.4. The van der Waals surface area contributed by atoms with Crippen LogP contribution in [-0.4, -0.2) is 48.7 Å². The van der Waals surface area contributed by atoms with Crippen molar-refractivity contribution < 1.29 is 18.7 Å². The number of amides is 1. The highest BCUT2D eigenvalue weighted by molar-refractivity contribution is 5.97. The van der Waals surface area contributed by atoms with Gasteiger partial charge in [0.05, 0.1) is 19.7 Å². The van der Waals surface area contributed by atoms with E-state index in [1.165, 1.54) is 0 Å². The minimum absolute atomic E-state index is 0.0157. The van der Waals surface area contributed by atoms with E-state index in [2.05, 4.69) is 4.98 Å². The minimum Gasteiger partial charge on any atom is -0.486 e. The summed E-state index contributed by atoms with van der Waals surface area (Å²) < 4.78 is 16.9. The zero-order chi connectivity index (χ0) is 19.7. The number of likely N-dealkylation sites (tertiary alicyclic amines) is 1. The molecule has 1 fully saturated rings. The fourth-order valence-corrected chi connectivity index (χ4v) is 3.41. The molecular weight excluding hydrogens is 356 g/mol. The van der Waals surface area contributed by atoms with Gasteiger partial charge in [-0.1, -0.05) is 18.2 Å². The molecule has 28 heavy (non-hydrogen) atoms. The van der Waals surface area contributed by atoms with Gasteiger partial charge in [-0.25, -0.2) is 4.98 Å². The van der Waals surface area contributed by atoms with E-state index in [9.17, 15) is 4.79 Å². The Hall–Kier alpha value is -2.86. The third kappa shape index (κ3) is 3.60. The molecule has 1 saturated heterocycles. The maximum atomic E-state index is 12.8. The van der Waals surface area contributed by atoms with Crippen molar-refractivity contribution >= 4 is 17.0 Å². The largest absolute Gasteiger partial charge is 0.486 e. The highest BCUT2D eigenvalue weighted by Crippen LogP contribution is 2.27. The molecule has 1 aromatic heterocycles. The summed E-state index contributed by atoms with van der Waals surface area (Å²) in [6.07, 6.45) is 0.635. The Labute approximate surface area is 164 Å². The van der Waals surface area contributed by atoms with Crippen LogP contribution in [0.4, 0.5) is 0 Å². The van der Waals surface area contributed by atoms with Gasteiger partial charge >= 0.3 is 0 Å². The lowest BCUT2D eigenvalue weighted by Gasteiger charge is -2.39. The lowest BCUT2D eigenvalue weighted by molar-refractivity contribution is 0.0173. The van der Waals surface area contributed by atoms with Crippen LogP contribution in [-0.2, 0) is 11.2 Å². The molecule has 1 amide bonds. The number of nitrogens with zero attached hydrogens (tertiary/aromatic N) is 2. The van der Waals surface area contributed by atoms with Crippen LogP contribution >= 0.6 is 0 Å². The number of aryl methyl sites for hydroxylation is 2. The normalized spacial score (nSPS) is 14.3. The third-order valence-electron chi connectivity index (χ3n) is 5.03. The number of carbonyl (C=O) groups is 1. The van der Waals surface area contributed by atoms with E-state index in [-0.39, 0.29) is 12.0 Å². The number of oxazole rings is 1. The van der Waals surface area contributed by atoms with Crippen molar-refractivity contribution in [1.82, 2.24) is 9.88 Å². The van der Waals surface area contributed by atoms with E-state index in [4.69, 9.17) is 13.9 Å². The van der Waals surface area contributed by atoms with Crippen molar-refractivity contribution in [3.05, 3.63) is 59.0 Å². The molecule has 0 aliphatic carbocycles. The fraction of sp³-hybridized carbons (Fsp3) is 0.364. The Morgan fingerprint density at radius 2 is 1.96 bits per heavy atom. The molecule has 0 radical (unpaired) electrons. The van der Waals surface area contributed by atoms with E-state index >= 15 is 0 Å². The van der Waals surface area contributed by atoms with Crippen molar-refractivity contribution in [3.63, 3.8) is 0 Å². The molecule has 4 rings (SSSR count). The quantitative estimate of drug-likeness (QED) is 0.654. The number of ether oxygens (including phenoxy) is 2. The van der Waals surface area contributed by atoms with Gasteiger partial charge in [-0.2, -0.15) is 0 Å². The molecule has 1 aliphatic heterocycles. The van der Waals surface area contributed by atoms with E-state index < -0.39 is 0 Å². The monoisotopic (exact) mass is 380 g/mol. The molecule has 0 unspecified atom stereocenters. The second-order valence-corrected chi connectivity index (χ2v) is 7.20. The van der Waals surface area contributed by atoms with Crippen LogP contribution in [0.5, 0.6) is 5.75 Å². The van der Waals surface area contributed by atoms with Gasteiger partial charge in [-0.3, -0.25) is 4.79 Å². The number of carbonyl (C=O) groups excluding carboxylic acids is 1. The van der Waals surface area contributed by atoms with E-state index in [0.717, 1.165) is 22.4 Å². The predicted octanol–water partition coefficient (Wildman–Crippen LogP) is 3.54. The van der Waals surface area contributed by atoms with Crippen LogP contribution < -0.4 is 4.74 Å². The Kier molecular flexibility index (Phi) is 5.05. The first kappa shape index (κ1) is 18.5. The van der Waals surface area contributed by atoms with Gasteiger partial charge in [0.25, 0.3) is 5.91 Å². The number of rotatable bonds is 6. The number of aromatic nitrogens is 1. The molecule has 6 heteroatoms. The summed E-state index contributed by atoms with van der Waals surface area (Å²) in [5, 5.41) is 0. The van der Waals surface area contributed by atoms with Crippen LogP contribution in [0.15, 0.2) is 40.8 Å². The predicted molar refractivity (Wildman–Crippen MR) is 106 cm³/mol. The summed E-state index contributed by atoms with van der Waals surface area (Å²) in [5.41, 5.74) is 4.21. The molecule has 146 valence electrons. The van der Waals surface area contributed by atoms with Crippen LogP contribution in [0.2, 0.25) is 0 Å². The molecule has 0 atom stereocenters. The highest BCUT2D eigenvalue weighted by atomic mass is 16.5. The highest BCUT2D eigenvalue weighted by Gasteiger charge is 2.33. The summed E-state index contributed by atoms with van der Waals surface area (Å²) in [4.78, 5) is 19.0. The zero-order valence-corrected chi connectivity index (χ0v) is 16.4. The first-order valence-electron chi connectivity index (χ1n) is 9.45. The van der Waals surface area contributed by atoms with Crippen molar-refractivity contribution in [2.45, 2.75) is 26.4 Å². The Balaban J connectivity index is 1.40. The second kappa shape index (κ2) is 7.64. The Morgan fingerprint density at radius 3 is 2.68 bits per heavy atom. The summed E-state index contributed by atoms with van der Waals surface area (Å²) in [6, 6.07) is 11.5. The molecule has 1 aliphatic rings. The lowest BCUT2D eigenvalue weighted by atomic mass is 10.1. The summed E-state index contributed by atoms with van der Waals surface area (Å²) in [5.74, 6) is 1.52. The maximum absolute atomic E-state index is 12.8. The van der Waals surface area contributed by atoms with Gasteiger partial charge in [0.1, 0.15) is 17.4 Å². The molecule has 0 saturated carbocycles. The van der Waals surface area contributed by atoms with E-state index in [1.54, 1.807) is 24.1 Å². The SMILES string of the molecule is COCCc1nc2ccc(C(=O)N3CC(Oc4c(C)cccc4C)C3)cc2o1. The molecule has 0 N–H and O–H groups in total. The number of fused-ring (bicyclic) bond motifs is 1. The fourth-order valence-electron chi connectivity index (χ4n) is 3.41. The number of para-hydroxylation sites is 1. The van der Waals surface area contributed by atoms with E-state index in [1.807, 2.05) is 38.1 Å². The summed E-state index contributed by atoms with van der Waals surface area (Å²) >= 11 is 0. The average molecular weight is 380 g/mol. The first-order valence-corrected chi connectivity index (χ1v) is 9.45. The van der Waals surface area contributed by atoms with Gasteiger partial charge in [0, 0.05) is 19.1 Å². The standard InChI is InChI=1S/C22H24N2O4/c1-14-5-4-6-15(2)21(14)27-17-12-24(13-17)22(25)16-7-8-18-19(11-16)28-20(23-18)9-10-26-3/h4-8,11,17H,9-10,12-13H2,1-3H3. The van der Waals surface area contributed by atoms with E-state index in [0.29, 0.717) is 43.2 Å². The average Bonchev–Trinajstić information content (AvgIpc) is 3.06. The summed E-state index contributed by atoms with van der Waals surface area (Å²) in [6.45, 7) is 5.79. The number of hydrogen-bond donors (Lipinski definition) is 0. The molecule has 3 aromatic rings. The van der Waals surface area contributed by atoms with Gasteiger partial charge in [0.15, 0.2) is 11.5 Å². The smallest absolute Gasteiger partial charge is 0.254 e. The molecule has 2 heterocycles. The lowest BCUT2D eigenvalue weighted by Crippen LogP contribution is -2.56. The summed E-state index contributed by atoms with van der Waals surface area (Å²) in [7, 11) is 1.64. The molecular formula is C22H24N2O4. The van der Waals surface area contributed by atoms with Gasteiger partial charge in [-0.15, -0.1) is 0 Å². The van der Waals surface area contributed by atoms with Crippen molar-refractivity contribution in [2.24, 2.45) is 0 Å². The molecule has 0 spiro atoms. The van der Waals surface area contributed by atoms with Crippen molar-refractivity contribution in [3.8, 4) is 5.75 Å². The third-order valence-corrected chi connectivity index (χ3v) is 5.03. The van der Waals surface area contributed by atoms with Gasteiger partial charge in [0.2, 0.25) is 0 Å². The Morgan fingerprint density at radius 1 is 1.21 bits per heavy atom. The number of benzene rings is 2. The van der Waals surface area contributed by atoms with Crippen LogP contribution in [0, 0.1) is 13.8 Å². The molecule has 6 nitrogen and oxygen atoms in total. The van der Waals surface area contributed by atoms with Crippen LogP contribution in [0.3, 0.4) is 0 Å². The Bertz CT molecular complexity index is 985. The van der Waals surface area contributed by atoms with Gasteiger partial charge in [-0.05, 0) is 43.2 Å². The number of hydrogen-bond acceptors (Lipinski definition) is 5. The maximum Gasteiger partial charge on any atom is 0.254 e. The van der Waals surface area contributed by atoms with Crippen molar-refractivity contribution in [2.75, 3.05) is 26.8 Å². The second-order valence-electron chi connectivity index (χ2n) is 7.20. The number of methoxy groups -OCH3 is 1. The minimum atomic E-state index is -0.0157. The van der Waals surface area contributed by atoms with Gasteiger partial charge < -0.3 is 18.8 Å². The van der Waals surface area contributed by atoms with Crippen molar-refractivity contribution in [1.29, 1.82) is 0 Å². The molecule has 2 aromatic carbocycles. The molecule has 0 bridgehead atoms. The first-order chi connectivity index (χ1) is 13.5. The van der Waals surface area contributed by atoms with Crippen LogP contribution in [0.1, 0.15) is 27.4 Å². The topological polar surface area (TPSA) is 64.8 Å².